The second kappa shape index (κ2) is 6.39. The number of imidazole rings is 1. The Kier molecular flexibility index (Phi) is 4.33. The smallest absolute Gasteiger partial charge is 0.158 e. The molecular formula is C15H12ClN3O2S. The van der Waals surface area contributed by atoms with E-state index in [-0.39, 0.29) is 5.75 Å². The largest absolute Gasteiger partial charge is 0.306 e. The van der Waals surface area contributed by atoms with Crippen LogP contribution in [0.25, 0.3) is 16.9 Å². The first kappa shape index (κ1) is 14.9. The van der Waals surface area contributed by atoms with E-state index in [1.54, 1.807) is 24.8 Å². The summed E-state index contributed by atoms with van der Waals surface area (Å²) in [5, 5.41) is 0.679. The summed E-state index contributed by atoms with van der Waals surface area (Å²) < 4.78 is 21.6. The van der Waals surface area contributed by atoms with Crippen molar-refractivity contribution >= 4 is 22.7 Å². The number of nitrogens with zero attached hydrogens (tertiary/aromatic N) is 3. The van der Waals surface area contributed by atoms with E-state index < -0.39 is 11.1 Å². The monoisotopic (exact) mass is 333 g/mol. The van der Waals surface area contributed by atoms with Crippen LogP contribution in [0, 0.1) is 0 Å². The zero-order valence-electron chi connectivity index (χ0n) is 11.4. The lowest BCUT2D eigenvalue weighted by molar-refractivity contribution is 0.563. The van der Waals surface area contributed by atoms with Crippen LogP contribution in [0.5, 0.6) is 0 Å². The molecule has 1 aromatic carbocycles. The Hall–Kier alpha value is -2.02. The molecule has 2 heterocycles. The molecule has 3 aromatic rings. The van der Waals surface area contributed by atoms with E-state index in [9.17, 15) is 4.21 Å². The molecule has 7 heteroatoms. The zero-order valence-corrected chi connectivity index (χ0v) is 13.0. The minimum absolute atomic E-state index is 0.0221. The standard InChI is InChI=1S/C15H12ClN3O2S/c16-12-3-1-11(2-4-12)15-8-17-10-19(15)14-6-5-13(18-7-14)9-22(20)21/h1-8,10H,9H2,(H,20,21). The quantitative estimate of drug-likeness (QED) is 0.744. The van der Waals surface area contributed by atoms with E-state index in [1.807, 2.05) is 34.9 Å². The van der Waals surface area contributed by atoms with Crippen LogP contribution in [0.2, 0.25) is 5.02 Å². The Morgan fingerprint density at radius 2 is 1.91 bits per heavy atom. The molecule has 0 radical (unpaired) electrons. The first-order chi connectivity index (χ1) is 10.6. The summed E-state index contributed by atoms with van der Waals surface area (Å²) in [4.78, 5) is 8.38. The molecule has 0 saturated carbocycles. The van der Waals surface area contributed by atoms with Gasteiger partial charge in [0.2, 0.25) is 0 Å². The van der Waals surface area contributed by atoms with Crippen molar-refractivity contribution < 1.29 is 8.76 Å². The molecule has 0 aliphatic carbocycles. The molecule has 0 spiro atoms. The Labute approximate surface area is 134 Å². The van der Waals surface area contributed by atoms with Gasteiger partial charge in [0.05, 0.1) is 41.5 Å². The van der Waals surface area contributed by atoms with E-state index in [0.29, 0.717) is 10.7 Å². The number of pyridine rings is 1. The van der Waals surface area contributed by atoms with E-state index in [0.717, 1.165) is 16.9 Å². The fourth-order valence-electron chi connectivity index (χ4n) is 2.11. The topological polar surface area (TPSA) is 68.0 Å². The van der Waals surface area contributed by atoms with Gasteiger partial charge in [0.25, 0.3) is 0 Å². The molecular weight excluding hydrogens is 322 g/mol. The number of halogens is 1. The fraction of sp³-hybridized carbons (Fsp3) is 0.0667. The van der Waals surface area contributed by atoms with Crippen molar-refractivity contribution in [2.45, 2.75) is 5.75 Å². The highest BCUT2D eigenvalue weighted by Crippen LogP contribution is 2.24. The first-order valence-corrected chi connectivity index (χ1v) is 8.10. The summed E-state index contributed by atoms with van der Waals surface area (Å²) >= 11 is 4.02. The summed E-state index contributed by atoms with van der Waals surface area (Å²) in [6.45, 7) is 0. The average molecular weight is 334 g/mol. The first-order valence-electron chi connectivity index (χ1n) is 6.44. The maximum absolute atomic E-state index is 10.8. The molecule has 0 fully saturated rings. The maximum Gasteiger partial charge on any atom is 0.158 e. The number of hydrogen-bond donors (Lipinski definition) is 1. The van der Waals surface area contributed by atoms with E-state index in [2.05, 4.69) is 9.97 Å². The van der Waals surface area contributed by atoms with Crippen molar-refractivity contribution in [1.82, 2.24) is 14.5 Å². The summed E-state index contributed by atoms with van der Waals surface area (Å²) in [6, 6.07) is 11.1. The minimum Gasteiger partial charge on any atom is -0.306 e. The van der Waals surface area contributed by atoms with Crippen molar-refractivity contribution in [3.8, 4) is 16.9 Å². The van der Waals surface area contributed by atoms with Crippen molar-refractivity contribution in [3.63, 3.8) is 0 Å². The van der Waals surface area contributed by atoms with Crippen LogP contribution < -0.4 is 0 Å². The van der Waals surface area contributed by atoms with Crippen LogP contribution in [0.1, 0.15) is 5.69 Å². The van der Waals surface area contributed by atoms with Crippen molar-refractivity contribution in [2.24, 2.45) is 0 Å². The van der Waals surface area contributed by atoms with Gasteiger partial charge in [-0.15, -0.1) is 0 Å². The molecule has 22 heavy (non-hydrogen) atoms. The van der Waals surface area contributed by atoms with Crippen molar-refractivity contribution in [2.75, 3.05) is 0 Å². The van der Waals surface area contributed by atoms with E-state index in [4.69, 9.17) is 16.2 Å². The molecule has 0 amide bonds. The SMILES string of the molecule is O=S(O)Cc1ccc(-n2cncc2-c2ccc(Cl)cc2)cn1. The molecule has 0 bridgehead atoms. The third-order valence-electron chi connectivity index (χ3n) is 3.14. The molecule has 0 aliphatic heterocycles. The van der Waals surface area contributed by atoms with Gasteiger partial charge in [-0.1, -0.05) is 23.7 Å². The van der Waals surface area contributed by atoms with Gasteiger partial charge in [0.15, 0.2) is 11.1 Å². The van der Waals surface area contributed by atoms with Gasteiger partial charge >= 0.3 is 0 Å². The molecule has 2 aromatic heterocycles. The van der Waals surface area contributed by atoms with Gasteiger partial charge in [-0.2, -0.15) is 0 Å². The molecule has 1 unspecified atom stereocenters. The zero-order chi connectivity index (χ0) is 15.5. The van der Waals surface area contributed by atoms with Crippen LogP contribution >= 0.6 is 11.6 Å². The van der Waals surface area contributed by atoms with Crippen LogP contribution in [-0.2, 0) is 16.8 Å². The molecule has 3 rings (SSSR count). The van der Waals surface area contributed by atoms with Crippen LogP contribution in [-0.4, -0.2) is 23.3 Å². The highest BCUT2D eigenvalue weighted by Gasteiger charge is 2.08. The van der Waals surface area contributed by atoms with E-state index in [1.165, 1.54) is 0 Å². The van der Waals surface area contributed by atoms with Gasteiger partial charge in [0.1, 0.15) is 0 Å². The fourth-order valence-corrected chi connectivity index (χ4v) is 2.66. The normalized spacial score (nSPS) is 12.3. The lowest BCUT2D eigenvalue weighted by Gasteiger charge is -2.08. The summed E-state index contributed by atoms with van der Waals surface area (Å²) in [6.07, 6.45) is 5.12. The van der Waals surface area contributed by atoms with Crippen molar-refractivity contribution in [3.05, 3.63) is 65.8 Å². The summed E-state index contributed by atoms with van der Waals surface area (Å²) in [7, 11) is 0. The second-order valence-corrected chi connectivity index (χ2v) is 6.00. The molecule has 5 nitrogen and oxygen atoms in total. The van der Waals surface area contributed by atoms with E-state index >= 15 is 0 Å². The molecule has 0 saturated heterocycles. The Morgan fingerprint density at radius 3 is 2.55 bits per heavy atom. The third kappa shape index (κ3) is 3.24. The van der Waals surface area contributed by atoms with Crippen molar-refractivity contribution in [1.29, 1.82) is 0 Å². The number of hydrogen-bond acceptors (Lipinski definition) is 3. The summed E-state index contributed by atoms with van der Waals surface area (Å²) in [5.41, 5.74) is 3.30. The number of aromatic nitrogens is 3. The number of rotatable bonds is 4. The van der Waals surface area contributed by atoms with Crippen LogP contribution in [0.4, 0.5) is 0 Å². The predicted molar refractivity (Wildman–Crippen MR) is 86.3 cm³/mol. The second-order valence-electron chi connectivity index (χ2n) is 4.63. The van der Waals surface area contributed by atoms with Gasteiger partial charge in [-0.25, -0.2) is 9.19 Å². The van der Waals surface area contributed by atoms with Gasteiger partial charge < -0.3 is 4.55 Å². The molecule has 1 atom stereocenters. The van der Waals surface area contributed by atoms with Crippen LogP contribution in [0.15, 0.2) is 55.1 Å². The van der Waals surface area contributed by atoms with Gasteiger partial charge in [-0.05, 0) is 24.3 Å². The number of benzene rings is 1. The summed E-state index contributed by atoms with van der Waals surface area (Å²) in [5.74, 6) is 0.0221. The van der Waals surface area contributed by atoms with Gasteiger partial charge in [-0.3, -0.25) is 9.55 Å². The highest BCUT2D eigenvalue weighted by atomic mass is 35.5. The van der Waals surface area contributed by atoms with Gasteiger partial charge in [0, 0.05) is 10.6 Å². The highest BCUT2D eigenvalue weighted by molar-refractivity contribution is 7.78. The molecule has 0 aliphatic rings. The Morgan fingerprint density at radius 1 is 1.14 bits per heavy atom. The maximum atomic E-state index is 10.8. The lowest BCUT2D eigenvalue weighted by Crippen LogP contribution is -2.00. The Bertz CT molecular complexity index is 800. The molecule has 1 N–H and O–H groups in total. The average Bonchev–Trinajstić information content (AvgIpc) is 2.97. The minimum atomic E-state index is -1.89. The third-order valence-corrected chi connectivity index (χ3v) is 3.93. The predicted octanol–water partition coefficient (Wildman–Crippen LogP) is 3.31. The Balaban J connectivity index is 1.94. The molecule has 112 valence electrons. The van der Waals surface area contributed by atoms with Crippen LogP contribution in [0.3, 0.4) is 0 Å². The lowest BCUT2D eigenvalue weighted by atomic mass is 10.1.